The van der Waals surface area contributed by atoms with Crippen LogP contribution in [0.2, 0.25) is 0 Å². The van der Waals surface area contributed by atoms with Crippen LogP contribution in [0.1, 0.15) is 51.5 Å². The van der Waals surface area contributed by atoms with Crippen molar-refractivity contribution in [2.45, 2.75) is 52.1 Å². The number of hydrogen-bond donors (Lipinski definition) is 4. The van der Waals surface area contributed by atoms with E-state index in [9.17, 15) is 24.9 Å². The van der Waals surface area contributed by atoms with Crippen molar-refractivity contribution in [2.75, 3.05) is 23.9 Å². The number of aliphatic hydroxyl groups is 2. The molecular weight excluding hydrogens is 695 g/mol. The van der Waals surface area contributed by atoms with Crippen LogP contribution in [0.25, 0.3) is 6.08 Å². The van der Waals surface area contributed by atoms with Gasteiger partial charge in [0, 0.05) is 17.3 Å². The molecule has 4 N–H and O–H groups in total. The highest BCUT2D eigenvalue weighted by atomic mass is 127. The summed E-state index contributed by atoms with van der Waals surface area (Å²) in [5.41, 5.74) is 5.86. The van der Waals surface area contributed by atoms with Crippen LogP contribution in [0.4, 0.5) is 17.1 Å². The summed E-state index contributed by atoms with van der Waals surface area (Å²) in [4.78, 5) is 29.0. The molecule has 9 heteroatoms. The fourth-order valence-electron chi connectivity index (χ4n) is 6.84. The van der Waals surface area contributed by atoms with Crippen molar-refractivity contribution in [3.8, 4) is 11.5 Å². The lowest BCUT2D eigenvalue weighted by molar-refractivity contribution is -0.123. The number of nitrogens with one attached hydrogen (secondary N) is 1. The molecule has 242 valence electrons. The van der Waals surface area contributed by atoms with Gasteiger partial charge in [-0.3, -0.25) is 14.5 Å². The van der Waals surface area contributed by atoms with Gasteiger partial charge in [0.25, 0.3) is 0 Å². The Morgan fingerprint density at radius 2 is 1.78 bits per heavy atom. The summed E-state index contributed by atoms with van der Waals surface area (Å²) in [5.74, 6) is -2.02. The zero-order chi connectivity index (χ0) is 33.0. The van der Waals surface area contributed by atoms with Crippen LogP contribution in [0, 0.1) is 21.3 Å². The summed E-state index contributed by atoms with van der Waals surface area (Å²) in [7, 11) is 1.51. The number of rotatable bonds is 12. The molecule has 1 fully saturated rings. The van der Waals surface area contributed by atoms with Gasteiger partial charge in [-0.05, 0) is 115 Å². The number of carbonyl (C=O) groups excluding carboxylic acids is 2. The number of phenolic OH excluding ortho intramolecular Hbond substituents is 1. The number of aliphatic hydroxyl groups excluding tert-OH is 2. The van der Waals surface area contributed by atoms with Gasteiger partial charge in [0.05, 0.1) is 40.9 Å². The maximum Gasteiger partial charge on any atom is 0.238 e. The number of para-hydroxylation sites is 1. The highest BCUT2D eigenvalue weighted by Crippen LogP contribution is 2.48. The molecule has 0 aromatic heterocycles. The topological polar surface area (TPSA) is 119 Å². The predicted molar refractivity (Wildman–Crippen MR) is 189 cm³/mol. The summed E-state index contributed by atoms with van der Waals surface area (Å²) in [6.07, 6.45) is 4.03. The fourth-order valence-corrected chi connectivity index (χ4v) is 7.47. The van der Waals surface area contributed by atoms with Crippen LogP contribution < -0.4 is 15.0 Å². The number of nitrogens with zero attached hydrogens (tertiary/aromatic N) is 1. The summed E-state index contributed by atoms with van der Waals surface area (Å²) >= 11 is 2.06. The predicted octanol–water partition coefficient (Wildman–Crippen LogP) is 7.21. The lowest BCUT2D eigenvalue weighted by atomic mass is 9.67. The molecule has 46 heavy (non-hydrogen) atoms. The van der Waals surface area contributed by atoms with E-state index in [4.69, 9.17) is 4.74 Å². The first-order valence-corrected chi connectivity index (χ1v) is 16.8. The largest absolute Gasteiger partial charge is 0.504 e. The second kappa shape index (κ2) is 14.8. The van der Waals surface area contributed by atoms with E-state index in [0.717, 1.165) is 34.5 Å². The molecular formula is C37H41IN2O6. The zero-order valence-electron chi connectivity index (χ0n) is 26.4. The monoisotopic (exact) mass is 736 g/mol. The van der Waals surface area contributed by atoms with E-state index < -0.39 is 23.9 Å². The number of imide groups is 1. The Morgan fingerprint density at radius 3 is 2.43 bits per heavy atom. The lowest BCUT2D eigenvalue weighted by Crippen LogP contribution is -2.39. The van der Waals surface area contributed by atoms with Crippen LogP contribution in [0.5, 0.6) is 11.5 Å². The fraction of sp³-hybridized carbons (Fsp3) is 0.351. The van der Waals surface area contributed by atoms with Crippen molar-refractivity contribution in [2.24, 2.45) is 17.8 Å². The third-order valence-electron chi connectivity index (χ3n) is 8.98. The number of aromatic hydroxyl groups is 1. The van der Waals surface area contributed by atoms with Gasteiger partial charge in [-0.25, -0.2) is 0 Å². The smallest absolute Gasteiger partial charge is 0.238 e. The normalized spacial score (nSPS) is 20.6. The maximum absolute atomic E-state index is 13.9. The minimum absolute atomic E-state index is 0.102. The van der Waals surface area contributed by atoms with E-state index in [0.29, 0.717) is 46.3 Å². The van der Waals surface area contributed by atoms with Crippen molar-refractivity contribution in [3.05, 3.63) is 92.6 Å². The standard InChI is InChI=1S/C37H41IN2O6/c1-4-8-24-20-28-34(37(45)40(36(28)44)27-14-12-26(13-15-27)39-25-9-6-5-7-10-25)29(21-41)33(24)31(42)16-11-22(2)17-23-18-30(38)35(43)32(19-23)46-3/h5-7,9-10,12-15,17-19,28-29,31,34,39,41-43H,4,8,11,16,20-21H2,1-3H3/b22-17+/t28-,29+,31-,34-/m1/s1. The third kappa shape index (κ3) is 7.01. The average molecular weight is 737 g/mol. The number of carbonyl (C=O) groups is 2. The number of fused-ring (bicyclic) bond motifs is 1. The molecule has 1 aliphatic carbocycles. The van der Waals surface area contributed by atoms with Gasteiger partial charge >= 0.3 is 0 Å². The molecule has 4 atom stereocenters. The molecule has 8 nitrogen and oxygen atoms in total. The first-order valence-electron chi connectivity index (χ1n) is 15.7. The Labute approximate surface area is 283 Å². The quantitative estimate of drug-likeness (QED) is 0.0882. The molecule has 0 saturated carbocycles. The average Bonchev–Trinajstić information content (AvgIpc) is 3.30. The van der Waals surface area contributed by atoms with E-state index in [1.807, 2.05) is 61.5 Å². The Balaban J connectivity index is 1.34. The number of amides is 2. The zero-order valence-corrected chi connectivity index (χ0v) is 28.5. The van der Waals surface area contributed by atoms with Gasteiger partial charge in [0.1, 0.15) is 0 Å². The molecule has 0 spiro atoms. The van der Waals surface area contributed by atoms with Gasteiger partial charge in [-0.2, -0.15) is 0 Å². The molecule has 3 aromatic carbocycles. The van der Waals surface area contributed by atoms with Gasteiger partial charge in [0.15, 0.2) is 11.5 Å². The molecule has 0 unspecified atom stereocenters. The van der Waals surface area contributed by atoms with E-state index in [1.165, 1.54) is 12.0 Å². The lowest BCUT2D eigenvalue weighted by Gasteiger charge is -2.36. The van der Waals surface area contributed by atoms with Crippen molar-refractivity contribution in [3.63, 3.8) is 0 Å². The number of phenols is 1. The van der Waals surface area contributed by atoms with E-state index in [-0.39, 0.29) is 24.2 Å². The summed E-state index contributed by atoms with van der Waals surface area (Å²) < 4.78 is 5.96. The molecule has 2 amide bonds. The number of hydrogen-bond acceptors (Lipinski definition) is 7. The van der Waals surface area contributed by atoms with Crippen LogP contribution in [0.3, 0.4) is 0 Å². The molecule has 1 heterocycles. The second-order valence-electron chi connectivity index (χ2n) is 12.1. The first-order chi connectivity index (χ1) is 22.2. The van der Waals surface area contributed by atoms with Crippen molar-refractivity contribution < 1.29 is 29.6 Å². The number of methoxy groups -OCH3 is 1. The van der Waals surface area contributed by atoms with Gasteiger partial charge < -0.3 is 25.4 Å². The number of halogens is 1. The molecule has 0 radical (unpaired) electrons. The van der Waals surface area contributed by atoms with Crippen LogP contribution in [0.15, 0.2) is 83.4 Å². The van der Waals surface area contributed by atoms with Crippen LogP contribution in [-0.2, 0) is 9.59 Å². The molecule has 5 rings (SSSR count). The minimum Gasteiger partial charge on any atom is -0.504 e. The Kier molecular flexibility index (Phi) is 10.9. The Hall–Kier alpha value is -3.67. The van der Waals surface area contributed by atoms with Gasteiger partial charge in [-0.15, -0.1) is 0 Å². The van der Waals surface area contributed by atoms with Crippen molar-refractivity contribution in [1.82, 2.24) is 0 Å². The highest BCUT2D eigenvalue weighted by Gasteiger charge is 2.55. The number of ether oxygens (including phenoxy) is 1. The summed E-state index contributed by atoms with van der Waals surface area (Å²) in [6.45, 7) is 3.71. The van der Waals surface area contributed by atoms with E-state index >= 15 is 0 Å². The number of allylic oxidation sites excluding steroid dienone is 2. The highest BCUT2D eigenvalue weighted by molar-refractivity contribution is 14.1. The van der Waals surface area contributed by atoms with Gasteiger partial charge in [-0.1, -0.05) is 48.8 Å². The Bertz CT molecular complexity index is 1640. The van der Waals surface area contributed by atoms with Gasteiger partial charge in [0.2, 0.25) is 11.8 Å². The Morgan fingerprint density at radius 1 is 1.09 bits per heavy atom. The van der Waals surface area contributed by atoms with Crippen LogP contribution in [-0.4, -0.2) is 47.0 Å². The number of anilines is 3. The summed E-state index contributed by atoms with van der Waals surface area (Å²) in [5, 5.41) is 35.7. The van der Waals surface area contributed by atoms with Crippen molar-refractivity contribution in [1.29, 1.82) is 0 Å². The third-order valence-corrected chi connectivity index (χ3v) is 9.80. The van der Waals surface area contributed by atoms with E-state index in [1.54, 1.807) is 18.2 Å². The second-order valence-corrected chi connectivity index (χ2v) is 13.2. The molecule has 1 saturated heterocycles. The molecule has 2 aliphatic rings. The molecule has 3 aromatic rings. The van der Waals surface area contributed by atoms with Crippen molar-refractivity contribution >= 4 is 57.5 Å². The number of benzene rings is 3. The maximum atomic E-state index is 13.9. The molecule has 1 aliphatic heterocycles. The minimum atomic E-state index is -0.863. The molecule has 0 bridgehead atoms. The SMILES string of the molecule is CCCC1=C([C@H](O)CC/C(C)=C/c2cc(I)c(O)c(OC)c2)[C@H](CO)[C@@H]2C(=O)N(c3ccc(Nc4ccccc4)cc3)C(=O)[C@@H]2C1. The first kappa shape index (κ1) is 33.7. The van der Waals surface area contributed by atoms with Crippen LogP contribution >= 0.6 is 22.6 Å². The summed E-state index contributed by atoms with van der Waals surface area (Å²) in [6, 6.07) is 20.6. The van der Waals surface area contributed by atoms with E-state index in [2.05, 4.69) is 34.8 Å².